The number of rotatable bonds is 6. The fourth-order valence-corrected chi connectivity index (χ4v) is 2.60. The van der Waals surface area contributed by atoms with Gasteiger partial charge in [0.2, 0.25) is 5.91 Å². The third kappa shape index (κ3) is 4.83. The van der Waals surface area contributed by atoms with Gasteiger partial charge in [-0.25, -0.2) is 4.79 Å². The molecule has 0 bridgehead atoms. The Bertz CT molecular complexity index is 742. The Hall–Kier alpha value is -2.82. The molecule has 0 spiro atoms. The Morgan fingerprint density at radius 1 is 1.00 bits per heavy atom. The number of carbonyl (C=O) groups is 2. The monoisotopic (exact) mass is 337 g/mol. The summed E-state index contributed by atoms with van der Waals surface area (Å²) in [5.41, 5.74) is 2.47. The molecule has 25 heavy (non-hydrogen) atoms. The van der Waals surface area contributed by atoms with E-state index in [9.17, 15) is 9.59 Å². The van der Waals surface area contributed by atoms with Crippen LogP contribution in [0.1, 0.15) is 25.3 Å². The molecule has 0 aliphatic heterocycles. The molecule has 3 amide bonds. The Kier molecular flexibility index (Phi) is 5.33. The van der Waals surface area contributed by atoms with E-state index in [-0.39, 0.29) is 17.9 Å². The molecule has 2 aromatic rings. The van der Waals surface area contributed by atoms with Gasteiger partial charge in [-0.15, -0.1) is 0 Å². The first-order valence-corrected chi connectivity index (χ1v) is 8.66. The molecule has 0 heterocycles. The van der Waals surface area contributed by atoms with E-state index in [2.05, 4.69) is 10.6 Å². The van der Waals surface area contributed by atoms with Crippen LogP contribution in [0.25, 0.3) is 0 Å². The first-order chi connectivity index (χ1) is 12.2. The fraction of sp³-hybridized carbons (Fsp3) is 0.300. The lowest BCUT2D eigenvalue weighted by atomic mass is 10.2. The smallest absolute Gasteiger partial charge is 0.322 e. The second kappa shape index (κ2) is 7.83. The highest BCUT2D eigenvalue weighted by Gasteiger charge is 2.29. The van der Waals surface area contributed by atoms with Crippen LogP contribution in [0, 0.1) is 5.92 Å². The van der Waals surface area contributed by atoms with E-state index < -0.39 is 0 Å². The topological polar surface area (TPSA) is 61.4 Å². The van der Waals surface area contributed by atoms with Crippen LogP contribution in [0.2, 0.25) is 0 Å². The Morgan fingerprint density at radius 3 is 2.32 bits per heavy atom. The maximum Gasteiger partial charge on any atom is 0.322 e. The molecule has 5 heteroatoms. The lowest BCUT2D eigenvalue weighted by Crippen LogP contribution is -2.34. The van der Waals surface area contributed by atoms with E-state index in [1.165, 1.54) is 0 Å². The third-order valence-electron chi connectivity index (χ3n) is 4.21. The standard InChI is InChI=1S/C20H23N3O2/c1-2-23(14-15-7-4-3-5-8-15)20(25)22-18-10-6-9-17(13-18)21-19(24)16-11-12-16/h3-10,13,16H,2,11-12,14H2,1H3,(H,21,24)(H,22,25). The molecule has 3 rings (SSSR count). The highest BCUT2D eigenvalue weighted by atomic mass is 16.2. The Balaban J connectivity index is 1.61. The van der Waals surface area contributed by atoms with Crippen molar-refractivity contribution in [3.8, 4) is 0 Å². The van der Waals surface area contributed by atoms with Gasteiger partial charge in [0, 0.05) is 30.4 Å². The lowest BCUT2D eigenvalue weighted by Gasteiger charge is -2.21. The van der Waals surface area contributed by atoms with Gasteiger partial charge in [0.1, 0.15) is 0 Å². The van der Waals surface area contributed by atoms with Crippen LogP contribution in [0.15, 0.2) is 54.6 Å². The lowest BCUT2D eigenvalue weighted by molar-refractivity contribution is -0.117. The molecule has 1 fully saturated rings. The summed E-state index contributed by atoms with van der Waals surface area (Å²) >= 11 is 0. The molecular formula is C20H23N3O2. The third-order valence-corrected chi connectivity index (χ3v) is 4.21. The predicted molar refractivity (Wildman–Crippen MR) is 99.3 cm³/mol. The zero-order valence-corrected chi connectivity index (χ0v) is 14.4. The summed E-state index contributed by atoms with van der Waals surface area (Å²) in [5.74, 6) is 0.211. The van der Waals surface area contributed by atoms with E-state index >= 15 is 0 Å². The molecule has 5 nitrogen and oxygen atoms in total. The number of hydrogen-bond donors (Lipinski definition) is 2. The molecule has 0 atom stereocenters. The number of amides is 3. The summed E-state index contributed by atoms with van der Waals surface area (Å²) in [6.07, 6.45) is 1.93. The summed E-state index contributed by atoms with van der Waals surface area (Å²) in [6.45, 7) is 3.12. The number of anilines is 2. The molecule has 1 saturated carbocycles. The molecule has 0 radical (unpaired) electrons. The second-order valence-corrected chi connectivity index (χ2v) is 6.27. The van der Waals surface area contributed by atoms with Crippen LogP contribution in [-0.4, -0.2) is 23.4 Å². The zero-order chi connectivity index (χ0) is 17.6. The maximum absolute atomic E-state index is 12.5. The van der Waals surface area contributed by atoms with Gasteiger partial charge < -0.3 is 15.5 Å². The van der Waals surface area contributed by atoms with Gasteiger partial charge in [-0.3, -0.25) is 4.79 Å². The Morgan fingerprint density at radius 2 is 1.68 bits per heavy atom. The summed E-state index contributed by atoms with van der Waals surface area (Å²) in [5, 5.41) is 5.80. The van der Waals surface area contributed by atoms with E-state index in [0.29, 0.717) is 24.5 Å². The highest BCUT2D eigenvalue weighted by Crippen LogP contribution is 2.30. The first kappa shape index (κ1) is 17.0. The van der Waals surface area contributed by atoms with E-state index in [1.54, 1.807) is 11.0 Å². The average molecular weight is 337 g/mol. The van der Waals surface area contributed by atoms with Crippen LogP contribution in [0.5, 0.6) is 0 Å². The van der Waals surface area contributed by atoms with Gasteiger partial charge in [0.15, 0.2) is 0 Å². The van der Waals surface area contributed by atoms with Crippen LogP contribution >= 0.6 is 0 Å². The second-order valence-electron chi connectivity index (χ2n) is 6.27. The summed E-state index contributed by atoms with van der Waals surface area (Å²) in [7, 11) is 0. The molecule has 1 aliphatic rings. The van der Waals surface area contributed by atoms with Crippen molar-refractivity contribution in [3.63, 3.8) is 0 Å². The minimum atomic E-state index is -0.156. The molecule has 2 N–H and O–H groups in total. The van der Waals surface area contributed by atoms with Gasteiger partial charge in [0.25, 0.3) is 0 Å². The van der Waals surface area contributed by atoms with E-state index in [4.69, 9.17) is 0 Å². The largest absolute Gasteiger partial charge is 0.326 e. The van der Waals surface area contributed by atoms with Crippen molar-refractivity contribution >= 4 is 23.3 Å². The van der Waals surface area contributed by atoms with Crippen LogP contribution < -0.4 is 10.6 Å². The minimum absolute atomic E-state index is 0.0581. The van der Waals surface area contributed by atoms with Crippen molar-refractivity contribution in [1.82, 2.24) is 4.90 Å². The van der Waals surface area contributed by atoms with Gasteiger partial charge >= 0.3 is 6.03 Å². The summed E-state index contributed by atoms with van der Waals surface area (Å²) in [6, 6.07) is 17.0. The first-order valence-electron chi connectivity index (χ1n) is 8.66. The fourth-order valence-electron chi connectivity index (χ4n) is 2.60. The molecule has 0 saturated heterocycles. The number of urea groups is 1. The van der Waals surface area contributed by atoms with Gasteiger partial charge in [-0.05, 0) is 43.5 Å². The molecule has 130 valence electrons. The number of benzene rings is 2. The van der Waals surface area contributed by atoms with E-state index in [1.807, 2.05) is 55.5 Å². The van der Waals surface area contributed by atoms with Crippen molar-refractivity contribution in [1.29, 1.82) is 0 Å². The SMILES string of the molecule is CCN(Cc1ccccc1)C(=O)Nc1cccc(NC(=O)C2CC2)c1. The zero-order valence-electron chi connectivity index (χ0n) is 14.4. The summed E-state index contributed by atoms with van der Waals surface area (Å²) < 4.78 is 0. The van der Waals surface area contributed by atoms with Crippen LogP contribution in [0.3, 0.4) is 0 Å². The molecule has 0 unspecified atom stereocenters. The van der Waals surface area contributed by atoms with Gasteiger partial charge in [-0.2, -0.15) is 0 Å². The van der Waals surface area contributed by atoms with Crippen molar-refractivity contribution in [2.75, 3.05) is 17.2 Å². The Labute approximate surface area is 148 Å². The van der Waals surface area contributed by atoms with Crippen molar-refractivity contribution in [2.45, 2.75) is 26.3 Å². The van der Waals surface area contributed by atoms with Crippen LogP contribution in [0.4, 0.5) is 16.2 Å². The summed E-state index contributed by atoms with van der Waals surface area (Å²) in [4.78, 5) is 26.1. The van der Waals surface area contributed by atoms with Crippen molar-refractivity contribution in [3.05, 3.63) is 60.2 Å². The molecule has 0 aromatic heterocycles. The quantitative estimate of drug-likeness (QED) is 0.834. The minimum Gasteiger partial charge on any atom is -0.326 e. The normalized spacial score (nSPS) is 13.2. The number of hydrogen-bond acceptors (Lipinski definition) is 2. The number of nitrogens with one attached hydrogen (secondary N) is 2. The average Bonchev–Trinajstić information content (AvgIpc) is 3.46. The van der Waals surface area contributed by atoms with Gasteiger partial charge in [0.05, 0.1) is 0 Å². The molecular weight excluding hydrogens is 314 g/mol. The highest BCUT2D eigenvalue weighted by molar-refractivity contribution is 5.95. The number of nitrogens with zero attached hydrogens (tertiary/aromatic N) is 1. The van der Waals surface area contributed by atoms with E-state index in [0.717, 1.165) is 18.4 Å². The predicted octanol–water partition coefficient (Wildman–Crippen LogP) is 4.09. The van der Waals surface area contributed by atoms with Crippen LogP contribution in [-0.2, 0) is 11.3 Å². The number of carbonyl (C=O) groups excluding carboxylic acids is 2. The van der Waals surface area contributed by atoms with Gasteiger partial charge in [-0.1, -0.05) is 36.4 Å². The van der Waals surface area contributed by atoms with Crippen molar-refractivity contribution < 1.29 is 9.59 Å². The molecule has 1 aliphatic carbocycles. The van der Waals surface area contributed by atoms with Crippen molar-refractivity contribution in [2.24, 2.45) is 5.92 Å². The maximum atomic E-state index is 12.5. The molecule has 2 aromatic carbocycles.